The molecule has 0 aliphatic rings. The summed E-state index contributed by atoms with van der Waals surface area (Å²) in [7, 11) is -3.73. The average molecular weight is 318 g/mol. The van der Waals surface area contributed by atoms with Gasteiger partial charge in [0, 0.05) is 11.1 Å². The summed E-state index contributed by atoms with van der Waals surface area (Å²) < 4.78 is 28.6. The number of ether oxygens (including phenoxy) is 1. The molecule has 2 N–H and O–H groups in total. The summed E-state index contributed by atoms with van der Waals surface area (Å²) in [6, 6.07) is 4.63. The van der Waals surface area contributed by atoms with Crippen LogP contribution in [-0.2, 0) is 15.4 Å². The fraction of sp³-hybridized carbons (Fsp3) is 0.429. The van der Waals surface area contributed by atoms with Crippen LogP contribution in [0.1, 0.15) is 33.3 Å². The van der Waals surface area contributed by atoms with Crippen molar-refractivity contribution < 1.29 is 13.2 Å². The fourth-order valence-electron chi connectivity index (χ4n) is 1.62. The molecule has 4 nitrogen and oxygen atoms in total. The van der Waals surface area contributed by atoms with Gasteiger partial charge in [-0.3, -0.25) is 0 Å². The number of benzene rings is 1. The first-order chi connectivity index (χ1) is 9.05. The monoisotopic (exact) mass is 317 g/mol. The van der Waals surface area contributed by atoms with Gasteiger partial charge in [0.05, 0.1) is 4.90 Å². The van der Waals surface area contributed by atoms with Gasteiger partial charge in [-0.2, -0.15) is 0 Å². The van der Waals surface area contributed by atoms with Gasteiger partial charge in [-0.25, -0.2) is 13.6 Å². The average Bonchev–Trinajstić information content (AvgIpc) is 2.33. The van der Waals surface area contributed by atoms with E-state index >= 15 is 0 Å². The Balaban J connectivity index is 3.25. The summed E-state index contributed by atoms with van der Waals surface area (Å²) in [4.78, 5) is 0.0828. The van der Waals surface area contributed by atoms with Crippen LogP contribution in [0.2, 0.25) is 0 Å². The van der Waals surface area contributed by atoms with Gasteiger partial charge in [0.15, 0.2) is 0 Å². The molecule has 1 rings (SSSR count). The Morgan fingerprint density at radius 2 is 2.00 bits per heavy atom. The van der Waals surface area contributed by atoms with E-state index in [-0.39, 0.29) is 10.3 Å². The molecule has 0 saturated carbocycles. The van der Waals surface area contributed by atoms with E-state index in [0.717, 1.165) is 11.1 Å². The highest BCUT2D eigenvalue weighted by atomic mass is 35.5. The lowest BCUT2D eigenvalue weighted by atomic mass is 9.86. The highest BCUT2D eigenvalue weighted by Gasteiger charge is 2.22. The van der Waals surface area contributed by atoms with Crippen molar-refractivity contribution in [1.82, 2.24) is 0 Å². The zero-order chi connectivity index (χ0) is 15.6. The van der Waals surface area contributed by atoms with E-state index in [4.69, 9.17) is 21.5 Å². The van der Waals surface area contributed by atoms with E-state index in [1.54, 1.807) is 12.1 Å². The summed E-state index contributed by atoms with van der Waals surface area (Å²) in [5.41, 5.74) is 2.85. The van der Waals surface area contributed by atoms with E-state index < -0.39 is 10.0 Å². The Bertz CT molecular complexity index is 616. The van der Waals surface area contributed by atoms with Crippen molar-refractivity contribution in [2.24, 2.45) is 5.14 Å². The van der Waals surface area contributed by atoms with Gasteiger partial charge in [0.2, 0.25) is 10.0 Å². The molecule has 0 aliphatic heterocycles. The van der Waals surface area contributed by atoms with Crippen molar-refractivity contribution in [3.05, 3.63) is 34.9 Å². The summed E-state index contributed by atoms with van der Waals surface area (Å²) in [5.74, 6) is 0.628. The van der Waals surface area contributed by atoms with Crippen molar-refractivity contribution in [1.29, 1.82) is 0 Å². The molecule has 0 unspecified atom stereocenters. The fourth-order valence-corrected chi connectivity index (χ4v) is 2.22. The topological polar surface area (TPSA) is 69.4 Å². The third-order valence-electron chi connectivity index (χ3n) is 2.73. The number of nitrogens with two attached hydrogens (primary N) is 1. The molecule has 1 aromatic rings. The molecule has 1 aromatic carbocycles. The minimum Gasteiger partial charge on any atom is -0.489 e. The first-order valence-electron chi connectivity index (χ1n) is 6.11. The molecule has 112 valence electrons. The first-order valence-corrected chi connectivity index (χ1v) is 8.10. The van der Waals surface area contributed by atoms with Crippen LogP contribution < -0.4 is 9.88 Å². The molecule has 0 aliphatic carbocycles. The number of rotatable bonds is 4. The molecule has 0 spiro atoms. The summed E-state index contributed by atoms with van der Waals surface area (Å²) in [6.07, 6.45) is 0. The van der Waals surface area contributed by atoms with Crippen LogP contribution in [0.5, 0.6) is 5.75 Å². The van der Waals surface area contributed by atoms with Crippen molar-refractivity contribution in [2.45, 2.75) is 38.0 Å². The van der Waals surface area contributed by atoms with E-state index in [0.29, 0.717) is 12.4 Å². The summed E-state index contributed by atoms with van der Waals surface area (Å²) >= 11 is 5.60. The molecule has 0 atom stereocenters. The maximum atomic E-state index is 11.4. The SMILES string of the molecule is C/C(=C/Cl)COc1ccc(S(N)(=O)=O)cc1C(C)(C)C. The quantitative estimate of drug-likeness (QED) is 0.927. The van der Waals surface area contributed by atoms with Gasteiger partial charge in [-0.15, -0.1) is 0 Å². The van der Waals surface area contributed by atoms with E-state index in [2.05, 4.69) is 0 Å². The maximum absolute atomic E-state index is 11.4. The first kappa shape index (κ1) is 17.0. The molecule has 6 heteroatoms. The van der Waals surface area contributed by atoms with Gasteiger partial charge in [0.1, 0.15) is 12.4 Å². The van der Waals surface area contributed by atoms with Crippen LogP contribution >= 0.6 is 11.6 Å². The standard InChI is InChI=1S/C14H20ClNO3S/c1-10(8-15)9-19-13-6-5-11(20(16,17)18)7-12(13)14(2,3)4/h5-8H,9H2,1-4H3,(H2,16,17,18)/b10-8-. The largest absolute Gasteiger partial charge is 0.489 e. The van der Waals surface area contributed by atoms with E-state index in [1.165, 1.54) is 11.6 Å². The minimum atomic E-state index is -3.73. The van der Waals surface area contributed by atoms with Gasteiger partial charge in [0.25, 0.3) is 0 Å². The lowest BCUT2D eigenvalue weighted by Gasteiger charge is -2.23. The van der Waals surface area contributed by atoms with Gasteiger partial charge in [-0.05, 0) is 36.1 Å². The third kappa shape index (κ3) is 4.51. The second kappa shape index (κ2) is 6.16. The number of hydrogen-bond acceptors (Lipinski definition) is 3. The lowest BCUT2D eigenvalue weighted by Crippen LogP contribution is -2.17. The molecular weight excluding hydrogens is 298 g/mol. The second-order valence-electron chi connectivity index (χ2n) is 5.70. The third-order valence-corrected chi connectivity index (χ3v) is 4.01. The Hall–Kier alpha value is -1.04. The molecule has 0 heterocycles. The van der Waals surface area contributed by atoms with E-state index in [9.17, 15) is 8.42 Å². The zero-order valence-corrected chi connectivity index (χ0v) is 13.7. The van der Waals surface area contributed by atoms with Crippen molar-refractivity contribution >= 4 is 21.6 Å². The highest BCUT2D eigenvalue weighted by molar-refractivity contribution is 7.89. The van der Waals surface area contributed by atoms with Crippen molar-refractivity contribution in [2.75, 3.05) is 6.61 Å². The van der Waals surface area contributed by atoms with Crippen LogP contribution in [0, 0.1) is 0 Å². The molecular formula is C14H20ClNO3S. The molecule has 0 fully saturated rings. The van der Waals surface area contributed by atoms with Crippen LogP contribution in [-0.4, -0.2) is 15.0 Å². The number of primary sulfonamides is 1. The van der Waals surface area contributed by atoms with Gasteiger partial charge >= 0.3 is 0 Å². The number of sulfonamides is 1. The van der Waals surface area contributed by atoms with Crippen molar-refractivity contribution in [3.63, 3.8) is 0 Å². The van der Waals surface area contributed by atoms with Gasteiger partial charge < -0.3 is 4.74 Å². The lowest BCUT2D eigenvalue weighted by molar-refractivity contribution is 0.340. The predicted octanol–water partition coefficient (Wildman–Crippen LogP) is 3.15. The Morgan fingerprint density at radius 1 is 1.40 bits per heavy atom. The second-order valence-corrected chi connectivity index (χ2v) is 7.48. The van der Waals surface area contributed by atoms with E-state index in [1.807, 2.05) is 27.7 Å². The molecule has 0 bridgehead atoms. The molecule has 0 saturated heterocycles. The summed E-state index contributed by atoms with van der Waals surface area (Å²) in [5, 5.41) is 5.17. The molecule has 20 heavy (non-hydrogen) atoms. The normalized spacial score (nSPS) is 13.4. The smallest absolute Gasteiger partial charge is 0.238 e. The Labute approximate surface area is 125 Å². The molecule has 0 aromatic heterocycles. The highest BCUT2D eigenvalue weighted by Crippen LogP contribution is 2.33. The van der Waals surface area contributed by atoms with Crippen LogP contribution in [0.15, 0.2) is 34.2 Å². The molecule has 0 radical (unpaired) electrons. The number of hydrogen-bond donors (Lipinski definition) is 1. The van der Waals surface area contributed by atoms with Gasteiger partial charge in [-0.1, -0.05) is 32.4 Å². The Kier molecular flexibility index (Phi) is 5.24. The van der Waals surface area contributed by atoms with Crippen molar-refractivity contribution in [3.8, 4) is 5.75 Å². The van der Waals surface area contributed by atoms with Crippen LogP contribution in [0.4, 0.5) is 0 Å². The number of halogens is 1. The van der Waals surface area contributed by atoms with Crippen LogP contribution in [0.3, 0.4) is 0 Å². The summed E-state index contributed by atoms with van der Waals surface area (Å²) in [6.45, 7) is 8.13. The Morgan fingerprint density at radius 3 is 2.45 bits per heavy atom. The predicted molar refractivity (Wildman–Crippen MR) is 81.6 cm³/mol. The van der Waals surface area contributed by atoms with Crippen LogP contribution in [0.25, 0.3) is 0 Å². The maximum Gasteiger partial charge on any atom is 0.238 e. The minimum absolute atomic E-state index is 0.0828. The molecule has 0 amide bonds. The zero-order valence-electron chi connectivity index (χ0n) is 12.1.